The molecule has 21 heavy (non-hydrogen) atoms. The number of ether oxygens (including phenoxy) is 1. The summed E-state index contributed by atoms with van der Waals surface area (Å²) in [6, 6.07) is -0.208. The van der Waals surface area contributed by atoms with Crippen molar-refractivity contribution in [2.24, 2.45) is 17.8 Å². The van der Waals surface area contributed by atoms with E-state index in [1.54, 1.807) is 0 Å². The smallest absolute Gasteiger partial charge is 0.314 e. The van der Waals surface area contributed by atoms with Gasteiger partial charge in [-0.3, -0.25) is 4.79 Å². The molecule has 1 fully saturated rings. The Morgan fingerprint density at radius 1 is 1.24 bits per heavy atom. The Hall–Kier alpha value is -1.30. The average molecular weight is 300 g/mol. The van der Waals surface area contributed by atoms with Crippen molar-refractivity contribution < 1.29 is 19.4 Å². The first-order chi connectivity index (χ1) is 9.97. The second-order valence-corrected chi connectivity index (χ2v) is 6.24. The lowest BCUT2D eigenvalue weighted by Crippen LogP contribution is -2.41. The van der Waals surface area contributed by atoms with Gasteiger partial charge in [0.1, 0.15) is 0 Å². The maximum atomic E-state index is 11.8. The van der Waals surface area contributed by atoms with Crippen LogP contribution in [0.15, 0.2) is 0 Å². The monoisotopic (exact) mass is 300 g/mol. The number of hydrogen-bond acceptors (Lipinski definition) is 3. The second kappa shape index (κ2) is 9.60. The Balaban J connectivity index is 2.23. The largest absolute Gasteiger partial charge is 0.481 e. The highest BCUT2D eigenvalue weighted by molar-refractivity contribution is 5.74. The number of carbonyl (C=O) groups excluding carboxylic acids is 1. The predicted molar refractivity (Wildman–Crippen MR) is 80.1 cm³/mol. The first-order valence-electron chi connectivity index (χ1n) is 7.78. The zero-order valence-electron chi connectivity index (χ0n) is 13.1. The first kappa shape index (κ1) is 17.8. The second-order valence-electron chi connectivity index (χ2n) is 6.24. The van der Waals surface area contributed by atoms with E-state index in [4.69, 9.17) is 9.84 Å². The van der Waals surface area contributed by atoms with E-state index in [9.17, 15) is 9.59 Å². The highest BCUT2D eigenvalue weighted by Crippen LogP contribution is 2.15. The molecule has 0 aromatic rings. The summed E-state index contributed by atoms with van der Waals surface area (Å²) in [6.07, 6.45) is 2.86. The summed E-state index contributed by atoms with van der Waals surface area (Å²) >= 11 is 0. The number of carboxylic acids is 1. The zero-order valence-corrected chi connectivity index (χ0v) is 13.1. The Morgan fingerprint density at radius 3 is 2.48 bits per heavy atom. The fraction of sp³-hybridized carbons (Fsp3) is 0.867. The Morgan fingerprint density at radius 2 is 1.90 bits per heavy atom. The lowest BCUT2D eigenvalue weighted by Gasteiger charge is -2.23. The molecule has 0 radical (unpaired) electrons. The molecule has 1 unspecified atom stereocenters. The van der Waals surface area contributed by atoms with Crippen LogP contribution in [0.5, 0.6) is 0 Å². The average Bonchev–Trinajstić information content (AvgIpc) is 2.42. The molecule has 0 aliphatic carbocycles. The van der Waals surface area contributed by atoms with Gasteiger partial charge in [0, 0.05) is 32.7 Å². The highest BCUT2D eigenvalue weighted by atomic mass is 16.5. The number of amides is 2. The summed E-state index contributed by atoms with van der Waals surface area (Å²) in [5, 5.41) is 14.5. The van der Waals surface area contributed by atoms with Crippen LogP contribution in [0, 0.1) is 17.8 Å². The Labute approximate surface area is 126 Å². The summed E-state index contributed by atoms with van der Waals surface area (Å²) in [5.41, 5.74) is 0. The molecule has 1 rings (SSSR count). The van der Waals surface area contributed by atoms with Crippen LogP contribution >= 0.6 is 0 Å². The minimum absolute atomic E-state index is 0.0173. The number of urea groups is 1. The molecule has 0 spiro atoms. The normalized spacial score (nSPS) is 17.5. The minimum atomic E-state index is -0.815. The quantitative estimate of drug-likeness (QED) is 0.638. The van der Waals surface area contributed by atoms with Gasteiger partial charge in [-0.2, -0.15) is 0 Å². The number of carboxylic acid groups (broad SMARTS) is 1. The van der Waals surface area contributed by atoms with Gasteiger partial charge in [0.2, 0.25) is 0 Å². The summed E-state index contributed by atoms with van der Waals surface area (Å²) in [4.78, 5) is 22.6. The lowest BCUT2D eigenvalue weighted by atomic mass is 9.94. The maximum Gasteiger partial charge on any atom is 0.314 e. The van der Waals surface area contributed by atoms with Gasteiger partial charge in [0.25, 0.3) is 0 Å². The first-order valence-corrected chi connectivity index (χ1v) is 7.78. The number of rotatable bonds is 8. The Kier molecular flexibility index (Phi) is 8.12. The molecule has 1 saturated heterocycles. The van der Waals surface area contributed by atoms with Gasteiger partial charge in [-0.05, 0) is 37.0 Å². The molecule has 1 heterocycles. The molecule has 0 bridgehead atoms. The molecule has 0 aromatic heterocycles. The third-order valence-electron chi connectivity index (χ3n) is 3.71. The SMILES string of the molecule is CC(C)CC(CNC(=O)NCC1CCOCC1)CC(=O)O. The van der Waals surface area contributed by atoms with E-state index in [2.05, 4.69) is 24.5 Å². The third-order valence-corrected chi connectivity index (χ3v) is 3.71. The third kappa shape index (κ3) is 8.55. The van der Waals surface area contributed by atoms with Crippen molar-refractivity contribution in [3.05, 3.63) is 0 Å². The van der Waals surface area contributed by atoms with Crippen molar-refractivity contribution >= 4 is 12.0 Å². The number of hydrogen-bond donors (Lipinski definition) is 3. The van der Waals surface area contributed by atoms with Crippen molar-refractivity contribution in [1.29, 1.82) is 0 Å². The topological polar surface area (TPSA) is 87.7 Å². The van der Waals surface area contributed by atoms with Crippen molar-refractivity contribution in [2.75, 3.05) is 26.3 Å². The van der Waals surface area contributed by atoms with Crippen LogP contribution in [0.3, 0.4) is 0 Å². The van der Waals surface area contributed by atoms with Crippen molar-refractivity contribution in [3.63, 3.8) is 0 Å². The van der Waals surface area contributed by atoms with E-state index >= 15 is 0 Å². The van der Waals surface area contributed by atoms with E-state index in [0.717, 1.165) is 32.5 Å². The van der Waals surface area contributed by atoms with E-state index in [0.29, 0.717) is 24.9 Å². The summed E-state index contributed by atoms with van der Waals surface area (Å²) in [7, 11) is 0. The van der Waals surface area contributed by atoms with Crippen LogP contribution in [0.1, 0.15) is 39.5 Å². The van der Waals surface area contributed by atoms with Crippen LogP contribution in [0.2, 0.25) is 0 Å². The van der Waals surface area contributed by atoms with E-state index in [-0.39, 0.29) is 18.4 Å². The zero-order chi connectivity index (χ0) is 15.7. The lowest BCUT2D eigenvalue weighted by molar-refractivity contribution is -0.138. The molecule has 6 nitrogen and oxygen atoms in total. The molecule has 1 aliphatic rings. The molecule has 2 amide bonds. The number of nitrogens with one attached hydrogen (secondary N) is 2. The molecule has 0 saturated carbocycles. The highest BCUT2D eigenvalue weighted by Gasteiger charge is 2.17. The van der Waals surface area contributed by atoms with Gasteiger partial charge in [-0.15, -0.1) is 0 Å². The van der Waals surface area contributed by atoms with Crippen LogP contribution < -0.4 is 10.6 Å². The van der Waals surface area contributed by atoms with Crippen LogP contribution in [0.4, 0.5) is 4.79 Å². The molecule has 3 N–H and O–H groups in total. The molecular formula is C15H28N2O4. The standard InChI is InChI=1S/C15H28N2O4/c1-11(2)7-13(8-14(18)19)10-17-15(20)16-9-12-3-5-21-6-4-12/h11-13H,3-10H2,1-2H3,(H,18,19)(H2,16,17,20). The minimum Gasteiger partial charge on any atom is -0.481 e. The molecule has 6 heteroatoms. The van der Waals surface area contributed by atoms with Gasteiger partial charge in [-0.1, -0.05) is 13.8 Å². The van der Waals surface area contributed by atoms with Gasteiger partial charge < -0.3 is 20.5 Å². The fourth-order valence-corrected chi connectivity index (χ4v) is 2.64. The molecule has 1 aliphatic heterocycles. The van der Waals surface area contributed by atoms with Crippen molar-refractivity contribution in [3.8, 4) is 0 Å². The van der Waals surface area contributed by atoms with Crippen molar-refractivity contribution in [1.82, 2.24) is 10.6 Å². The maximum absolute atomic E-state index is 11.8. The molecule has 1 atom stereocenters. The predicted octanol–water partition coefficient (Wildman–Crippen LogP) is 1.85. The van der Waals surface area contributed by atoms with E-state index in [1.165, 1.54) is 0 Å². The van der Waals surface area contributed by atoms with Crippen LogP contribution in [0.25, 0.3) is 0 Å². The van der Waals surface area contributed by atoms with Gasteiger partial charge in [-0.25, -0.2) is 4.79 Å². The Bertz CT molecular complexity index is 328. The summed E-state index contributed by atoms with van der Waals surface area (Å²) in [6.45, 7) is 6.71. The summed E-state index contributed by atoms with van der Waals surface area (Å²) < 4.78 is 5.28. The van der Waals surface area contributed by atoms with Gasteiger partial charge in [0.05, 0.1) is 0 Å². The fourth-order valence-electron chi connectivity index (χ4n) is 2.64. The molecular weight excluding hydrogens is 272 g/mol. The molecule has 122 valence electrons. The number of carbonyl (C=O) groups is 2. The van der Waals surface area contributed by atoms with Crippen LogP contribution in [-0.2, 0) is 9.53 Å². The van der Waals surface area contributed by atoms with Crippen LogP contribution in [-0.4, -0.2) is 43.4 Å². The van der Waals surface area contributed by atoms with Gasteiger partial charge >= 0.3 is 12.0 Å². The summed E-state index contributed by atoms with van der Waals surface area (Å²) in [5.74, 6) is 0.0674. The molecule has 0 aromatic carbocycles. The van der Waals surface area contributed by atoms with Crippen molar-refractivity contribution in [2.45, 2.75) is 39.5 Å². The van der Waals surface area contributed by atoms with E-state index < -0.39 is 5.97 Å². The van der Waals surface area contributed by atoms with E-state index in [1.807, 2.05) is 0 Å². The van der Waals surface area contributed by atoms with Gasteiger partial charge in [0.15, 0.2) is 0 Å². The number of aliphatic carboxylic acids is 1.